The van der Waals surface area contributed by atoms with E-state index in [4.69, 9.17) is 9.47 Å². The number of nitrogens with zero attached hydrogens (tertiary/aromatic N) is 1. The van der Waals surface area contributed by atoms with E-state index in [-0.39, 0.29) is 12.1 Å². The van der Waals surface area contributed by atoms with Gasteiger partial charge in [-0.1, -0.05) is 12.1 Å². The Kier molecular flexibility index (Phi) is 7.29. The largest absolute Gasteiger partial charge is 0.497 e. The third-order valence-corrected chi connectivity index (χ3v) is 4.00. The first-order valence-electron chi connectivity index (χ1n) is 8.61. The van der Waals surface area contributed by atoms with E-state index in [1.54, 1.807) is 7.11 Å². The molecule has 26 heavy (non-hydrogen) atoms. The highest BCUT2D eigenvalue weighted by atomic mass is 16.5. The Balaban J connectivity index is 1.92. The molecule has 2 N–H and O–H groups in total. The predicted molar refractivity (Wildman–Crippen MR) is 104 cm³/mol. The number of nitrogens with one attached hydrogen (secondary N) is 2. The summed E-state index contributed by atoms with van der Waals surface area (Å²) in [6, 6.07) is 15.0. The van der Waals surface area contributed by atoms with E-state index in [2.05, 4.69) is 15.5 Å². The monoisotopic (exact) mass is 357 g/mol. The number of likely N-dealkylation sites (N-methyl/N-ethyl adjacent to an activating group) is 1. The van der Waals surface area contributed by atoms with Crippen molar-refractivity contribution in [3.05, 3.63) is 54.1 Å². The molecule has 0 radical (unpaired) electrons. The molecule has 2 aromatic carbocycles. The van der Waals surface area contributed by atoms with Gasteiger partial charge in [0.05, 0.1) is 19.8 Å². The minimum Gasteiger partial charge on any atom is -0.497 e. The van der Waals surface area contributed by atoms with E-state index in [1.807, 2.05) is 69.6 Å². The number of rotatable bonds is 8. The van der Waals surface area contributed by atoms with Gasteiger partial charge in [-0.3, -0.25) is 0 Å². The number of ether oxygens (including phenoxy) is 2. The summed E-state index contributed by atoms with van der Waals surface area (Å²) in [7, 11) is 5.62. The van der Waals surface area contributed by atoms with Gasteiger partial charge in [0, 0.05) is 12.2 Å². The maximum absolute atomic E-state index is 12.2. The van der Waals surface area contributed by atoms with Gasteiger partial charge in [0.15, 0.2) is 0 Å². The van der Waals surface area contributed by atoms with E-state index >= 15 is 0 Å². The molecule has 1 unspecified atom stereocenters. The van der Waals surface area contributed by atoms with Crippen LogP contribution in [0, 0.1) is 0 Å². The molecule has 2 rings (SSSR count). The van der Waals surface area contributed by atoms with Gasteiger partial charge in [0.2, 0.25) is 0 Å². The first-order valence-corrected chi connectivity index (χ1v) is 8.61. The molecule has 6 nitrogen and oxygen atoms in total. The minimum absolute atomic E-state index is 0.0620. The zero-order chi connectivity index (χ0) is 18.9. The molecular weight excluding hydrogens is 330 g/mol. The summed E-state index contributed by atoms with van der Waals surface area (Å²) < 4.78 is 10.6. The summed E-state index contributed by atoms with van der Waals surface area (Å²) in [6.07, 6.45) is 0. The zero-order valence-corrected chi connectivity index (χ0v) is 15.8. The maximum atomic E-state index is 12.2. The van der Waals surface area contributed by atoms with Gasteiger partial charge in [-0.25, -0.2) is 4.79 Å². The van der Waals surface area contributed by atoms with Crippen LogP contribution < -0.4 is 20.1 Å². The summed E-state index contributed by atoms with van der Waals surface area (Å²) in [5.41, 5.74) is 1.83. The fourth-order valence-electron chi connectivity index (χ4n) is 2.59. The van der Waals surface area contributed by atoms with Crippen LogP contribution in [-0.4, -0.2) is 45.3 Å². The maximum Gasteiger partial charge on any atom is 0.319 e. The highest BCUT2D eigenvalue weighted by molar-refractivity contribution is 5.89. The van der Waals surface area contributed by atoms with Crippen molar-refractivity contribution >= 4 is 11.7 Å². The molecule has 0 aliphatic heterocycles. The number of anilines is 1. The molecule has 0 saturated heterocycles. The lowest BCUT2D eigenvalue weighted by atomic mass is 10.1. The number of carbonyl (C=O) groups is 1. The average Bonchev–Trinajstić information content (AvgIpc) is 2.64. The van der Waals surface area contributed by atoms with Gasteiger partial charge in [0.25, 0.3) is 0 Å². The topological polar surface area (TPSA) is 62.8 Å². The van der Waals surface area contributed by atoms with Gasteiger partial charge < -0.3 is 25.0 Å². The van der Waals surface area contributed by atoms with Gasteiger partial charge in [-0.05, 0) is 63.0 Å². The Morgan fingerprint density at radius 2 is 1.65 bits per heavy atom. The highest BCUT2D eigenvalue weighted by Crippen LogP contribution is 2.21. The van der Waals surface area contributed by atoms with Crippen LogP contribution in [-0.2, 0) is 0 Å². The molecule has 0 heterocycles. The predicted octanol–water partition coefficient (Wildman–Crippen LogP) is 3.52. The Bertz CT molecular complexity index is 684. The van der Waals surface area contributed by atoms with E-state index in [1.165, 1.54) is 0 Å². The molecule has 0 fully saturated rings. The number of hydrogen-bond acceptors (Lipinski definition) is 4. The Morgan fingerprint density at radius 3 is 2.19 bits per heavy atom. The van der Waals surface area contributed by atoms with Gasteiger partial charge in [0.1, 0.15) is 11.5 Å². The summed E-state index contributed by atoms with van der Waals surface area (Å²) in [5, 5.41) is 5.76. The second-order valence-electron chi connectivity index (χ2n) is 6.04. The second kappa shape index (κ2) is 9.68. The molecule has 6 heteroatoms. The Hall–Kier alpha value is -2.73. The van der Waals surface area contributed by atoms with Crippen molar-refractivity contribution in [3.8, 4) is 11.5 Å². The average molecular weight is 357 g/mol. The quantitative estimate of drug-likeness (QED) is 0.759. The van der Waals surface area contributed by atoms with Crippen LogP contribution in [0.5, 0.6) is 11.5 Å². The van der Waals surface area contributed by atoms with Crippen molar-refractivity contribution in [3.63, 3.8) is 0 Å². The number of benzene rings is 2. The van der Waals surface area contributed by atoms with E-state index < -0.39 is 0 Å². The van der Waals surface area contributed by atoms with Crippen LogP contribution in [0.4, 0.5) is 10.5 Å². The lowest BCUT2D eigenvalue weighted by Crippen LogP contribution is -2.36. The fraction of sp³-hybridized carbons (Fsp3) is 0.350. The Morgan fingerprint density at radius 1 is 1.04 bits per heavy atom. The fourth-order valence-corrected chi connectivity index (χ4v) is 2.59. The summed E-state index contributed by atoms with van der Waals surface area (Å²) in [6.45, 7) is 3.04. The summed E-state index contributed by atoms with van der Waals surface area (Å²) in [5.74, 6) is 1.60. The molecular formula is C20H27N3O3. The molecule has 0 aromatic heterocycles. The number of hydrogen-bond donors (Lipinski definition) is 2. The summed E-state index contributed by atoms with van der Waals surface area (Å²) >= 11 is 0. The number of amides is 2. The van der Waals surface area contributed by atoms with Gasteiger partial charge in [-0.2, -0.15) is 0 Å². The van der Waals surface area contributed by atoms with Crippen molar-refractivity contribution < 1.29 is 14.3 Å². The molecule has 0 bridgehead atoms. The lowest BCUT2D eigenvalue weighted by Gasteiger charge is -2.25. The molecule has 2 amide bonds. The SMILES string of the molecule is CCOc1ccc(NC(=O)NCC(c2ccc(OC)cc2)N(C)C)cc1. The number of carbonyl (C=O) groups excluding carboxylic acids is 1. The second-order valence-corrected chi connectivity index (χ2v) is 6.04. The minimum atomic E-state index is -0.241. The molecule has 2 aromatic rings. The van der Waals surface area contributed by atoms with E-state index in [0.717, 1.165) is 22.7 Å². The first-order chi connectivity index (χ1) is 12.5. The van der Waals surface area contributed by atoms with Crippen molar-refractivity contribution in [2.45, 2.75) is 13.0 Å². The van der Waals surface area contributed by atoms with Crippen LogP contribution in [0.25, 0.3) is 0 Å². The first kappa shape index (κ1) is 19.6. The van der Waals surface area contributed by atoms with Crippen molar-refractivity contribution in [2.24, 2.45) is 0 Å². The highest BCUT2D eigenvalue weighted by Gasteiger charge is 2.15. The molecule has 0 aliphatic rings. The smallest absolute Gasteiger partial charge is 0.319 e. The molecule has 140 valence electrons. The summed E-state index contributed by atoms with van der Waals surface area (Å²) in [4.78, 5) is 14.3. The third-order valence-electron chi connectivity index (χ3n) is 4.00. The van der Waals surface area contributed by atoms with Gasteiger partial charge >= 0.3 is 6.03 Å². The van der Waals surface area contributed by atoms with Crippen LogP contribution >= 0.6 is 0 Å². The standard InChI is InChI=1S/C20H27N3O3/c1-5-26-18-12-8-16(9-13-18)22-20(24)21-14-19(23(2)3)15-6-10-17(25-4)11-7-15/h6-13,19H,5,14H2,1-4H3,(H2,21,22,24). The van der Waals surface area contributed by atoms with Crippen molar-refractivity contribution in [1.29, 1.82) is 0 Å². The normalized spacial score (nSPS) is 11.7. The van der Waals surface area contributed by atoms with Gasteiger partial charge in [-0.15, -0.1) is 0 Å². The van der Waals surface area contributed by atoms with Crippen LogP contribution in [0.15, 0.2) is 48.5 Å². The zero-order valence-electron chi connectivity index (χ0n) is 15.8. The molecule has 0 saturated carbocycles. The van der Waals surface area contributed by atoms with E-state index in [9.17, 15) is 4.79 Å². The van der Waals surface area contributed by atoms with Crippen molar-refractivity contribution in [1.82, 2.24) is 10.2 Å². The van der Waals surface area contributed by atoms with Crippen LogP contribution in [0.1, 0.15) is 18.5 Å². The van der Waals surface area contributed by atoms with Crippen LogP contribution in [0.2, 0.25) is 0 Å². The molecule has 0 spiro atoms. The van der Waals surface area contributed by atoms with Crippen LogP contribution in [0.3, 0.4) is 0 Å². The van der Waals surface area contributed by atoms with E-state index in [0.29, 0.717) is 13.2 Å². The number of methoxy groups -OCH3 is 1. The van der Waals surface area contributed by atoms with Crippen molar-refractivity contribution in [2.75, 3.05) is 39.7 Å². The Labute approximate surface area is 155 Å². The molecule has 0 aliphatic carbocycles. The number of urea groups is 1. The lowest BCUT2D eigenvalue weighted by molar-refractivity contribution is 0.243. The molecule has 1 atom stereocenters. The third kappa shape index (κ3) is 5.67.